The van der Waals surface area contributed by atoms with Crippen LogP contribution >= 0.6 is 0 Å². The number of amides is 1. The lowest BCUT2D eigenvalue weighted by atomic mass is 10.0. The Bertz CT molecular complexity index is 253. The van der Waals surface area contributed by atoms with Gasteiger partial charge in [0.15, 0.2) is 0 Å². The quantitative estimate of drug-likeness (QED) is 0.683. The van der Waals surface area contributed by atoms with Crippen molar-refractivity contribution >= 4 is 5.91 Å². The Labute approximate surface area is 110 Å². The standard InChI is InChI=1S/C13H27N3O2/c1-10(2)15-12(13(14)17)8-16(3)7-11-5-4-6-18-9-11/h10-12,15H,4-9H2,1-3H3,(H2,14,17). The number of ether oxygens (including phenoxy) is 1. The number of rotatable bonds is 7. The summed E-state index contributed by atoms with van der Waals surface area (Å²) in [5.41, 5.74) is 5.41. The van der Waals surface area contributed by atoms with Gasteiger partial charge in [-0.2, -0.15) is 0 Å². The number of carbonyl (C=O) groups excluding carboxylic acids is 1. The Morgan fingerprint density at radius 2 is 2.28 bits per heavy atom. The third-order valence-electron chi connectivity index (χ3n) is 3.20. The van der Waals surface area contributed by atoms with Crippen LogP contribution in [-0.2, 0) is 9.53 Å². The topological polar surface area (TPSA) is 67.6 Å². The van der Waals surface area contributed by atoms with Crippen LogP contribution in [0.4, 0.5) is 0 Å². The molecule has 0 saturated carbocycles. The lowest BCUT2D eigenvalue weighted by Gasteiger charge is -2.29. The van der Waals surface area contributed by atoms with Crippen LogP contribution < -0.4 is 11.1 Å². The second-order valence-electron chi connectivity index (χ2n) is 5.58. The zero-order valence-corrected chi connectivity index (χ0v) is 11.8. The van der Waals surface area contributed by atoms with Crippen LogP contribution in [-0.4, -0.2) is 56.2 Å². The average Bonchev–Trinajstić information content (AvgIpc) is 2.28. The molecule has 1 rings (SSSR count). The molecule has 1 heterocycles. The number of hydrogen-bond acceptors (Lipinski definition) is 4. The first-order valence-corrected chi connectivity index (χ1v) is 6.80. The molecule has 0 radical (unpaired) electrons. The zero-order chi connectivity index (χ0) is 13.5. The minimum atomic E-state index is -0.282. The van der Waals surface area contributed by atoms with E-state index >= 15 is 0 Å². The number of primary amides is 1. The van der Waals surface area contributed by atoms with Crippen LogP contribution in [0.2, 0.25) is 0 Å². The molecule has 1 aliphatic heterocycles. The maximum atomic E-state index is 11.4. The summed E-state index contributed by atoms with van der Waals surface area (Å²) in [6, 6.07) is -0.0200. The van der Waals surface area contributed by atoms with Crippen LogP contribution in [0, 0.1) is 5.92 Å². The molecule has 2 unspecified atom stereocenters. The SMILES string of the molecule is CC(C)NC(CN(C)CC1CCCOC1)C(N)=O. The summed E-state index contributed by atoms with van der Waals surface area (Å²) in [6.45, 7) is 7.38. The molecular weight excluding hydrogens is 230 g/mol. The first-order valence-electron chi connectivity index (χ1n) is 6.80. The molecule has 5 nitrogen and oxygen atoms in total. The van der Waals surface area contributed by atoms with Gasteiger partial charge >= 0.3 is 0 Å². The van der Waals surface area contributed by atoms with E-state index in [1.165, 1.54) is 6.42 Å². The molecule has 0 spiro atoms. The normalized spacial score (nSPS) is 22.4. The van der Waals surface area contributed by atoms with Gasteiger partial charge in [0.05, 0.1) is 12.6 Å². The van der Waals surface area contributed by atoms with Gasteiger partial charge in [0.1, 0.15) is 0 Å². The minimum absolute atomic E-state index is 0.258. The van der Waals surface area contributed by atoms with E-state index in [4.69, 9.17) is 10.5 Å². The van der Waals surface area contributed by atoms with Crippen molar-refractivity contribution in [3.05, 3.63) is 0 Å². The van der Waals surface area contributed by atoms with Crippen LogP contribution in [0.15, 0.2) is 0 Å². The minimum Gasteiger partial charge on any atom is -0.381 e. The fourth-order valence-corrected chi connectivity index (χ4v) is 2.41. The number of carbonyl (C=O) groups is 1. The summed E-state index contributed by atoms with van der Waals surface area (Å²) in [5, 5.41) is 3.20. The lowest BCUT2D eigenvalue weighted by Crippen LogP contribution is -2.51. The van der Waals surface area contributed by atoms with E-state index in [2.05, 4.69) is 10.2 Å². The molecule has 0 bridgehead atoms. The molecule has 1 fully saturated rings. The van der Waals surface area contributed by atoms with Gasteiger partial charge in [-0.1, -0.05) is 13.8 Å². The third kappa shape index (κ3) is 5.80. The van der Waals surface area contributed by atoms with Gasteiger partial charge < -0.3 is 20.7 Å². The van der Waals surface area contributed by atoms with Gasteiger partial charge in [-0.15, -0.1) is 0 Å². The van der Waals surface area contributed by atoms with Gasteiger partial charge in [0, 0.05) is 25.7 Å². The molecular formula is C13H27N3O2. The van der Waals surface area contributed by atoms with E-state index in [1.807, 2.05) is 20.9 Å². The van der Waals surface area contributed by atoms with Crippen LogP contribution in [0.1, 0.15) is 26.7 Å². The Morgan fingerprint density at radius 1 is 1.56 bits per heavy atom. The molecule has 0 aromatic rings. The Kier molecular flexibility index (Phi) is 6.60. The van der Waals surface area contributed by atoms with Crippen molar-refractivity contribution < 1.29 is 9.53 Å². The summed E-state index contributed by atoms with van der Waals surface area (Å²) in [5.74, 6) is 0.298. The zero-order valence-electron chi connectivity index (χ0n) is 11.8. The maximum absolute atomic E-state index is 11.4. The van der Waals surface area contributed by atoms with Crippen LogP contribution in [0.3, 0.4) is 0 Å². The summed E-state index contributed by atoms with van der Waals surface area (Å²) < 4.78 is 5.47. The molecule has 5 heteroatoms. The first-order chi connectivity index (χ1) is 8.49. The monoisotopic (exact) mass is 257 g/mol. The highest BCUT2D eigenvalue weighted by molar-refractivity contribution is 5.80. The highest BCUT2D eigenvalue weighted by Crippen LogP contribution is 2.14. The van der Waals surface area contributed by atoms with Crippen molar-refractivity contribution in [1.82, 2.24) is 10.2 Å². The number of nitrogens with zero attached hydrogens (tertiary/aromatic N) is 1. The van der Waals surface area contributed by atoms with E-state index in [9.17, 15) is 4.79 Å². The largest absolute Gasteiger partial charge is 0.381 e. The second kappa shape index (κ2) is 7.71. The predicted molar refractivity (Wildman–Crippen MR) is 72.3 cm³/mol. The van der Waals surface area contributed by atoms with Gasteiger partial charge in [-0.05, 0) is 25.8 Å². The van der Waals surface area contributed by atoms with Crippen molar-refractivity contribution in [2.75, 3.05) is 33.4 Å². The molecule has 1 aliphatic rings. The van der Waals surface area contributed by atoms with Crippen molar-refractivity contribution in [2.45, 2.75) is 38.8 Å². The Balaban J connectivity index is 2.35. The summed E-state index contributed by atoms with van der Waals surface area (Å²) >= 11 is 0. The van der Waals surface area contributed by atoms with Crippen molar-refractivity contribution in [2.24, 2.45) is 11.7 Å². The van der Waals surface area contributed by atoms with Crippen LogP contribution in [0.5, 0.6) is 0 Å². The van der Waals surface area contributed by atoms with E-state index in [1.54, 1.807) is 0 Å². The molecule has 3 N–H and O–H groups in total. The predicted octanol–water partition coefficient (Wildman–Crippen LogP) is 0.197. The molecule has 1 amide bonds. The number of nitrogens with two attached hydrogens (primary N) is 1. The summed E-state index contributed by atoms with van der Waals surface area (Å²) in [7, 11) is 2.03. The molecule has 106 valence electrons. The number of hydrogen-bond donors (Lipinski definition) is 2. The van der Waals surface area contributed by atoms with Crippen molar-refractivity contribution in [1.29, 1.82) is 0 Å². The molecule has 2 atom stereocenters. The molecule has 1 saturated heterocycles. The van der Waals surface area contributed by atoms with E-state index < -0.39 is 0 Å². The highest BCUT2D eigenvalue weighted by Gasteiger charge is 2.21. The van der Waals surface area contributed by atoms with Crippen molar-refractivity contribution in [3.63, 3.8) is 0 Å². The molecule has 0 aliphatic carbocycles. The first kappa shape index (κ1) is 15.4. The van der Waals surface area contributed by atoms with Gasteiger partial charge in [-0.3, -0.25) is 4.79 Å². The van der Waals surface area contributed by atoms with Gasteiger partial charge in [0.25, 0.3) is 0 Å². The number of likely N-dealkylation sites (N-methyl/N-ethyl adjacent to an activating group) is 1. The van der Waals surface area contributed by atoms with Gasteiger partial charge in [-0.25, -0.2) is 0 Å². The van der Waals surface area contributed by atoms with Gasteiger partial charge in [0.2, 0.25) is 5.91 Å². The fourth-order valence-electron chi connectivity index (χ4n) is 2.41. The third-order valence-corrected chi connectivity index (χ3v) is 3.20. The summed E-state index contributed by atoms with van der Waals surface area (Å²) in [4.78, 5) is 13.5. The summed E-state index contributed by atoms with van der Waals surface area (Å²) in [6.07, 6.45) is 2.35. The van der Waals surface area contributed by atoms with Crippen LogP contribution in [0.25, 0.3) is 0 Å². The molecule has 0 aromatic carbocycles. The van der Waals surface area contributed by atoms with E-state index in [0.29, 0.717) is 12.5 Å². The highest BCUT2D eigenvalue weighted by atomic mass is 16.5. The smallest absolute Gasteiger partial charge is 0.235 e. The van der Waals surface area contributed by atoms with Crippen molar-refractivity contribution in [3.8, 4) is 0 Å². The molecule has 18 heavy (non-hydrogen) atoms. The lowest BCUT2D eigenvalue weighted by molar-refractivity contribution is -0.120. The number of nitrogens with one attached hydrogen (secondary N) is 1. The second-order valence-corrected chi connectivity index (χ2v) is 5.58. The van der Waals surface area contributed by atoms with E-state index in [0.717, 1.165) is 26.2 Å². The fraction of sp³-hybridized carbons (Fsp3) is 0.923. The van der Waals surface area contributed by atoms with E-state index in [-0.39, 0.29) is 18.0 Å². The molecule has 0 aromatic heterocycles. The Morgan fingerprint density at radius 3 is 2.78 bits per heavy atom. The average molecular weight is 257 g/mol. The maximum Gasteiger partial charge on any atom is 0.235 e. The Hall–Kier alpha value is -0.650.